The van der Waals surface area contributed by atoms with Crippen LogP contribution >= 0.6 is 22.7 Å². The quantitative estimate of drug-likeness (QED) is 0.521. The van der Waals surface area contributed by atoms with Crippen LogP contribution in [0.4, 0.5) is 0 Å². The summed E-state index contributed by atoms with van der Waals surface area (Å²) < 4.78 is 6.44. The molecule has 2 N–H and O–H groups in total. The van der Waals surface area contributed by atoms with E-state index < -0.39 is 11.9 Å². The van der Waals surface area contributed by atoms with Gasteiger partial charge in [-0.15, -0.1) is 11.3 Å². The normalized spacial score (nSPS) is 12.3. The van der Waals surface area contributed by atoms with Crippen LogP contribution in [0.1, 0.15) is 21.4 Å². The van der Waals surface area contributed by atoms with E-state index in [1.165, 1.54) is 27.2 Å². The van der Waals surface area contributed by atoms with Crippen LogP contribution in [0.25, 0.3) is 11.1 Å². The molecular weight excluding hydrogens is 384 g/mol. The lowest BCUT2D eigenvalue weighted by molar-refractivity contribution is -0.121. The Hall–Kier alpha value is -2.68. The number of amides is 1. The molecular formula is C19H16N2O4S2. The van der Waals surface area contributed by atoms with Crippen molar-refractivity contribution >= 4 is 39.7 Å². The van der Waals surface area contributed by atoms with E-state index in [9.17, 15) is 14.7 Å². The van der Waals surface area contributed by atoms with Gasteiger partial charge < -0.3 is 14.8 Å². The van der Waals surface area contributed by atoms with Crippen molar-refractivity contribution in [3.8, 4) is 0 Å². The Morgan fingerprint density at radius 3 is 2.89 bits per heavy atom. The molecule has 138 valence electrons. The summed E-state index contributed by atoms with van der Waals surface area (Å²) in [5.41, 5.74) is 1.92. The van der Waals surface area contributed by atoms with E-state index in [1.54, 1.807) is 24.3 Å². The summed E-state index contributed by atoms with van der Waals surface area (Å²) in [5.74, 6) is -0.833. The van der Waals surface area contributed by atoms with Crippen LogP contribution in [0.15, 0.2) is 62.4 Å². The third-order valence-corrected chi connectivity index (χ3v) is 5.99. The molecule has 0 bridgehead atoms. The van der Waals surface area contributed by atoms with Gasteiger partial charge in [0.1, 0.15) is 12.6 Å². The molecule has 1 aromatic carbocycles. The highest BCUT2D eigenvalue weighted by molar-refractivity contribution is 7.12. The third kappa shape index (κ3) is 3.73. The summed E-state index contributed by atoms with van der Waals surface area (Å²) in [6.07, 6.45) is -0.651. The van der Waals surface area contributed by atoms with E-state index in [4.69, 9.17) is 4.42 Å². The first-order chi connectivity index (χ1) is 13.1. The van der Waals surface area contributed by atoms with Crippen LogP contribution in [0.2, 0.25) is 0 Å². The van der Waals surface area contributed by atoms with Crippen molar-refractivity contribution in [3.63, 3.8) is 0 Å². The molecule has 0 fully saturated rings. The summed E-state index contributed by atoms with van der Waals surface area (Å²) in [6, 6.07) is 12.6. The predicted octanol–water partition coefficient (Wildman–Crippen LogP) is 3.12. The molecule has 0 aliphatic carbocycles. The van der Waals surface area contributed by atoms with Gasteiger partial charge in [0, 0.05) is 9.75 Å². The van der Waals surface area contributed by atoms with Gasteiger partial charge in [0.2, 0.25) is 5.91 Å². The summed E-state index contributed by atoms with van der Waals surface area (Å²) in [5, 5.41) is 17.0. The Kier molecular flexibility index (Phi) is 4.93. The number of thiophene rings is 2. The lowest BCUT2D eigenvalue weighted by Crippen LogP contribution is -2.30. The van der Waals surface area contributed by atoms with E-state index in [0.29, 0.717) is 17.6 Å². The van der Waals surface area contributed by atoms with E-state index in [2.05, 4.69) is 5.32 Å². The molecule has 0 radical (unpaired) electrons. The first kappa shape index (κ1) is 17.7. The molecule has 8 heteroatoms. The van der Waals surface area contributed by atoms with Gasteiger partial charge in [0.25, 0.3) is 0 Å². The van der Waals surface area contributed by atoms with Crippen LogP contribution < -0.4 is 11.1 Å². The number of hydrogen-bond acceptors (Lipinski definition) is 6. The van der Waals surface area contributed by atoms with Crippen LogP contribution in [0.5, 0.6) is 0 Å². The maximum Gasteiger partial charge on any atom is 0.420 e. The number of rotatable bonds is 6. The van der Waals surface area contributed by atoms with E-state index >= 15 is 0 Å². The summed E-state index contributed by atoms with van der Waals surface area (Å²) in [4.78, 5) is 25.9. The van der Waals surface area contributed by atoms with E-state index in [0.717, 1.165) is 15.3 Å². The van der Waals surface area contributed by atoms with Crippen molar-refractivity contribution in [2.24, 2.45) is 0 Å². The number of nitrogens with one attached hydrogen (secondary N) is 1. The third-order valence-electron chi connectivity index (χ3n) is 4.15. The molecule has 1 amide bonds. The van der Waals surface area contributed by atoms with Crippen molar-refractivity contribution in [2.45, 2.75) is 19.2 Å². The van der Waals surface area contributed by atoms with Crippen LogP contribution in [0.3, 0.4) is 0 Å². The Labute approximate surface area is 162 Å². The number of carbonyl (C=O) groups is 1. The highest BCUT2D eigenvalue weighted by Gasteiger charge is 2.15. The van der Waals surface area contributed by atoms with Gasteiger partial charge in [-0.2, -0.15) is 11.3 Å². The maximum absolute atomic E-state index is 12.3. The van der Waals surface area contributed by atoms with Gasteiger partial charge in [-0.25, -0.2) is 4.79 Å². The number of oxazole rings is 1. The SMILES string of the molecule is O=C(Cn1c(=O)oc2ccccc21)NCc1ccc(C(O)c2ccsc2)s1. The highest BCUT2D eigenvalue weighted by atomic mass is 32.1. The first-order valence-corrected chi connectivity index (χ1v) is 10.0. The van der Waals surface area contributed by atoms with Gasteiger partial charge in [-0.1, -0.05) is 12.1 Å². The fourth-order valence-electron chi connectivity index (χ4n) is 2.78. The molecule has 0 aliphatic rings. The Balaban J connectivity index is 1.40. The van der Waals surface area contributed by atoms with E-state index in [-0.39, 0.29) is 12.5 Å². The van der Waals surface area contributed by atoms with Gasteiger partial charge in [-0.3, -0.25) is 9.36 Å². The molecule has 0 spiro atoms. The Morgan fingerprint density at radius 2 is 2.07 bits per heavy atom. The number of benzene rings is 1. The zero-order valence-corrected chi connectivity index (χ0v) is 15.8. The second-order valence-corrected chi connectivity index (χ2v) is 7.94. The van der Waals surface area contributed by atoms with Gasteiger partial charge in [-0.05, 0) is 46.7 Å². The maximum atomic E-state index is 12.3. The molecule has 0 aliphatic heterocycles. The number of carbonyl (C=O) groups excluding carboxylic acids is 1. The minimum Gasteiger partial charge on any atom is -0.408 e. The molecule has 3 aromatic heterocycles. The number of nitrogens with zero attached hydrogens (tertiary/aromatic N) is 1. The lowest BCUT2D eigenvalue weighted by atomic mass is 10.2. The average molecular weight is 400 g/mol. The summed E-state index contributed by atoms with van der Waals surface area (Å²) in [6.45, 7) is 0.232. The van der Waals surface area contributed by atoms with Gasteiger partial charge in [0.15, 0.2) is 5.58 Å². The minimum absolute atomic E-state index is 0.106. The molecule has 0 saturated heterocycles. The lowest BCUT2D eigenvalue weighted by Gasteiger charge is -2.06. The molecule has 1 atom stereocenters. The second kappa shape index (κ2) is 7.51. The number of hydrogen-bond donors (Lipinski definition) is 2. The molecule has 0 saturated carbocycles. The minimum atomic E-state index is -0.651. The van der Waals surface area contributed by atoms with Gasteiger partial charge >= 0.3 is 5.76 Å². The average Bonchev–Trinajstić information content (AvgIpc) is 3.41. The van der Waals surface area contributed by atoms with Crippen LogP contribution in [0, 0.1) is 0 Å². The zero-order chi connectivity index (χ0) is 18.8. The molecule has 4 aromatic rings. The fourth-order valence-corrected chi connectivity index (χ4v) is 4.43. The number of para-hydroxylation sites is 2. The molecule has 3 heterocycles. The van der Waals surface area contributed by atoms with Crippen molar-refractivity contribution in [1.29, 1.82) is 0 Å². The predicted molar refractivity (Wildman–Crippen MR) is 105 cm³/mol. The molecule has 1 unspecified atom stereocenters. The number of aliphatic hydroxyl groups excluding tert-OH is 1. The Morgan fingerprint density at radius 1 is 1.22 bits per heavy atom. The Bertz CT molecular complexity index is 1120. The van der Waals surface area contributed by atoms with Gasteiger partial charge in [0.05, 0.1) is 12.1 Å². The largest absolute Gasteiger partial charge is 0.420 e. The zero-order valence-electron chi connectivity index (χ0n) is 14.1. The van der Waals surface area contributed by atoms with Crippen LogP contribution in [-0.4, -0.2) is 15.6 Å². The smallest absolute Gasteiger partial charge is 0.408 e. The number of aromatic nitrogens is 1. The van der Waals surface area contributed by atoms with Crippen molar-refractivity contribution in [2.75, 3.05) is 0 Å². The summed E-state index contributed by atoms with van der Waals surface area (Å²) >= 11 is 2.99. The molecule has 4 rings (SSSR count). The highest BCUT2D eigenvalue weighted by Crippen LogP contribution is 2.29. The van der Waals surface area contributed by atoms with Crippen molar-refractivity contribution in [3.05, 3.63) is 79.1 Å². The van der Waals surface area contributed by atoms with Crippen LogP contribution in [-0.2, 0) is 17.9 Å². The standard InChI is InChI=1S/C19H16N2O4S2/c22-17(10-21-14-3-1-2-4-15(14)25-19(21)24)20-9-13-5-6-16(27-13)18(23)12-7-8-26-11-12/h1-8,11,18,23H,9-10H2,(H,20,22). The first-order valence-electron chi connectivity index (χ1n) is 8.25. The second-order valence-electron chi connectivity index (χ2n) is 5.96. The topological polar surface area (TPSA) is 84.5 Å². The van der Waals surface area contributed by atoms with Crippen molar-refractivity contribution in [1.82, 2.24) is 9.88 Å². The fraction of sp³-hybridized carbons (Fsp3) is 0.158. The molecule has 27 heavy (non-hydrogen) atoms. The monoisotopic (exact) mass is 400 g/mol. The van der Waals surface area contributed by atoms with Crippen molar-refractivity contribution < 1.29 is 14.3 Å². The summed E-state index contributed by atoms with van der Waals surface area (Å²) in [7, 11) is 0. The number of aliphatic hydroxyl groups is 1. The number of fused-ring (bicyclic) bond motifs is 1. The van der Waals surface area contributed by atoms with E-state index in [1.807, 2.05) is 29.0 Å². The molecule has 6 nitrogen and oxygen atoms in total.